The van der Waals surface area contributed by atoms with Gasteiger partial charge in [-0.1, -0.05) is 6.07 Å². The van der Waals surface area contributed by atoms with E-state index in [1.807, 2.05) is 6.26 Å². The number of anilines is 2. The number of benzene rings is 1. The number of aliphatic hydroxyl groups is 1. The van der Waals surface area contributed by atoms with E-state index in [2.05, 4.69) is 15.3 Å². The number of aliphatic imine (C=N–C) groups is 1. The Bertz CT molecular complexity index is 941. The number of rotatable bonds is 7. The van der Waals surface area contributed by atoms with Crippen LogP contribution in [0, 0.1) is 0 Å². The molecule has 162 valence electrons. The van der Waals surface area contributed by atoms with E-state index < -0.39 is 29.1 Å². The maximum Gasteiger partial charge on any atom is 0.433 e. The van der Waals surface area contributed by atoms with Crippen LogP contribution in [0.4, 0.5) is 24.5 Å². The maximum absolute atomic E-state index is 12.9. The Morgan fingerprint density at radius 1 is 1.33 bits per heavy atom. The standard InChI is InChI=1S/C20H23F3N4O2S/c1-19(2,29)13-10-14(24)12(11-25-7-8-30-3)9-16(13)27-18(28)15-5-4-6-17(26-15)20(21,22)23/h4-6,9-11,29H,7-8,24H2,1-3H3,(H,27,28). The van der Waals surface area contributed by atoms with Crippen LogP contribution >= 0.6 is 11.8 Å². The summed E-state index contributed by atoms with van der Waals surface area (Å²) in [6.07, 6.45) is -1.16. The second-order valence-electron chi connectivity index (χ2n) is 6.97. The molecular formula is C20H23F3N4O2S. The molecule has 0 radical (unpaired) electrons. The molecule has 10 heteroatoms. The summed E-state index contributed by atoms with van der Waals surface area (Å²) in [5.74, 6) is -0.0233. The molecule has 0 atom stereocenters. The molecule has 1 aromatic heterocycles. The molecule has 2 aromatic rings. The van der Waals surface area contributed by atoms with Gasteiger partial charge in [0, 0.05) is 41.0 Å². The Labute approximate surface area is 176 Å². The van der Waals surface area contributed by atoms with E-state index in [-0.39, 0.29) is 5.69 Å². The van der Waals surface area contributed by atoms with Crippen LogP contribution < -0.4 is 11.1 Å². The van der Waals surface area contributed by atoms with Crippen molar-refractivity contribution in [1.82, 2.24) is 4.98 Å². The fraction of sp³-hybridized carbons (Fsp3) is 0.350. The first-order chi connectivity index (χ1) is 13.9. The van der Waals surface area contributed by atoms with Crippen molar-refractivity contribution in [1.29, 1.82) is 0 Å². The number of nitrogens with two attached hydrogens (primary N) is 1. The quantitative estimate of drug-likeness (QED) is 0.344. The van der Waals surface area contributed by atoms with Gasteiger partial charge in [0.25, 0.3) is 5.91 Å². The Balaban J connectivity index is 2.41. The molecular weight excluding hydrogens is 417 g/mol. The summed E-state index contributed by atoms with van der Waals surface area (Å²) in [6.45, 7) is 3.59. The van der Waals surface area contributed by atoms with E-state index in [0.29, 0.717) is 23.4 Å². The Morgan fingerprint density at radius 2 is 2.03 bits per heavy atom. The smallest absolute Gasteiger partial charge is 0.398 e. The number of halogens is 3. The van der Waals surface area contributed by atoms with Crippen LogP contribution in [-0.4, -0.2) is 40.8 Å². The topological polar surface area (TPSA) is 101 Å². The fourth-order valence-corrected chi connectivity index (χ4v) is 2.85. The molecule has 1 aromatic carbocycles. The highest BCUT2D eigenvalue weighted by Crippen LogP contribution is 2.32. The van der Waals surface area contributed by atoms with Gasteiger partial charge in [-0.05, 0) is 44.4 Å². The number of amides is 1. The molecule has 0 aliphatic heterocycles. The molecule has 6 nitrogen and oxygen atoms in total. The van der Waals surface area contributed by atoms with E-state index in [1.54, 1.807) is 18.0 Å². The van der Waals surface area contributed by atoms with Crippen molar-refractivity contribution < 1.29 is 23.1 Å². The molecule has 0 saturated carbocycles. The van der Waals surface area contributed by atoms with Gasteiger partial charge in [0.05, 0.1) is 5.60 Å². The van der Waals surface area contributed by atoms with Gasteiger partial charge in [-0.15, -0.1) is 0 Å². The SMILES string of the molecule is CSCCN=Cc1cc(NC(=O)c2cccc(C(F)(F)F)n2)c(C(C)(C)O)cc1N. The van der Waals surface area contributed by atoms with Gasteiger partial charge in [0.15, 0.2) is 0 Å². The van der Waals surface area contributed by atoms with Crippen LogP contribution in [0.5, 0.6) is 0 Å². The largest absolute Gasteiger partial charge is 0.433 e. The second-order valence-corrected chi connectivity index (χ2v) is 7.96. The normalized spacial score (nSPS) is 12.4. The van der Waals surface area contributed by atoms with Crippen molar-refractivity contribution in [3.8, 4) is 0 Å². The number of thioether (sulfide) groups is 1. The summed E-state index contributed by atoms with van der Waals surface area (Å²) in [4.78, 5) is 20.2. The molecule has 0 unspecified atom stereocenters. The lowest BCUT2D eigenvalue weighted by molar-refractivity contribution is -0.141. The summed E-state index contributed by atoms with van der Waals surface area (Å²) in [6, 6.07) is 6.10. The van der Waals surface area contributed by atoms with Crippen molar-refractivity contribution >= 4 is 35.3 Å². The third kappa shape index (κ3) is 6.20. The number of nitrogens with one attached hydrogen (secondary N) is 1. The maximum atomic E-state index is 12.9. The van der Waals surface area contributed by atoms with Crippen LogP contribution in [-0.2, 0) is 11.8 Å². The van der Waals surface area contributed by atoms with E-state index in [4.69, 9.17) is 5.73 Å². The highest BCUT2D eigenvalue weighted by molar-refractivity contribution is 7.98. The van der Waals surface area contributed by atoms with E-state index >= 15 is 0 Å². The molecule has 0 fully saturated rings. The van der Waals surface area contributed by atoms with Crippen molar-refractivity contribution in [2.24, 2.45) is 4.99 Å². The van der Waals surface area contributed by atoms with Crippen LogP contribution in [0.1, 0.15) is 41.2 Å². The first kappa shape index (κ1) is 23.7. The fourth-order valence-electron chi connectivity index (χ4n) is 2.57. The zero-order valence-electron chi connectivity index (χ0n) is 16.7. The third-order valence-electron chi connectivity index (χ3n) is 4.06. The summed E-state index contributed by atoms with van der Waals surface area (Å²) in [5, 5.41) is 13.0. The van der Waals surface area contributed by atoms with Crippen LogP contribution in [0.15, 0.2) is 35.3 Å². The minimum Gasteiger partial charge on any atom is -0.398 e. The van der Waals surface area contributed by atoms with Crippen LogP contribution in [0.2, 0.25) is 0 Å². The lowest BCUT2D eigenvalue weighted by atomic mass is 9.94. The molecule has 1 amide bonds. The molecule has 0 bridgehead atoms. The lowest BCUT2D eigenvalue weighted by Crippen LogP contribution is -2.23. The predicted molar refractivity (Wildman–Crippen MR) is 114 cm³/mol. The number of carbonyl (C=O) groups excluding carboxylic acids is 1. The molecule has 2 rings (SSSR count). The van der Waals surface area contributed by atoms with Gasteiger partial charge in [-0.3, -0.25) is 9.79 Å². The summed E-state index contributed by atoms with van der Waals surface area (Å²) >= 11 is 1.64. The number of hydrogen-bond acceptors (Lipinski definition) is 6. The summed E-state index contributed by atoms with van der Waals surface area (Å²) < 4.78 is 38.7. The molecule has 0 aliphatic carbocycles. The average Bonchev–Trinajstić information content (AvgIpc) is 2.65. The number of carbonyl (C=O) groups is 1. The van der Waals surface area contributed by atoms with Gasteiger partial charge in [-0.25, -0.2) is 4.98 Å². The van der Waals surface area contributed by atoms with E-state index in [1.165, 1.54) is 32.0 Å². The first-order valence-corrected chi connectivity index (χ1v) is 10.3. The van der Waals surface area contributed by atoms with Crippen molar-refractivity contribution in [2.75, 3.05) is 29.6 Å². The third-order valence-corrected chi connectivity index (χ3v) is 4.65. The number of nitrogens with zero attached hydrogens (tertiary/aromatic N) is 2. The van der Waals surface area contributed by atoms with E-state index in [9.17, 15) is 23.1 Å². The number of aromatic nitrogens is 1. The molecule has 0 aliphatic rings. The number of nitrogen functional groups attached to an aromatic ring is 1. The predicted octanol–water partition coefficient (Wildman–Crippen LogP) is 3.94. The molecule has 4 N–H and O–H groups in total. The minimum absolute atomic E-state index is 0.201. The monoisotopic (exact) mass is 440 g/mol. The lowest BCUT2D eigenvalue weighted by Gasteiger charge is -2.23. The number of alkyl halides is 3. The Kier molecular flexibility index (Phi) is 7.49. The highest BCUT2D eigenvalue weighted by Gasteiger charge is 2.33. The zero-order chi connectivity index (χ0) is 22.5. The van der Waals surface area contributed by atoms with Crippen molar-refractivity contribution in [3.05, 3.63) is 52.8 Å². The van der Waals surface area contributed by atoms with Crippen LogP contribution in [0.3, 0.4) is 0 Å². The summed E-state index contributed by atoms with van der Waals surface area (Å²) in [5.41, 5.74) is 4.47. The van der Waals surface area contributed by atoms with Crippen molar-refractivity contribution in [3.63, 3.8) is 0 Å². The highest BCUT2D eigenvalue weighted by atomic mass is 32.2. The molecule has 0 saturated heterocycles. The Morgan fingerprint density at radius 3 is 2.63 bits per heavy atom. The summed E-state index contributed by atoms with van der Waals surface area (Å²) in [7, 11) is 0. The number of pyridine rings is 1. The Hall–Kier alpha value is -2.59. The molecule has 30 heavy (non-hydrogen) atoms. The molecule has 1 heterocycles. The van der Waals surface area contributed by atoms with Crippen LogP contribution in [0.25, 0.3) is 0 Å². The second kappa shape index (κ2) is 9.48. The van der Waals surface area contributed by atoms with Gasteiger partial charge < -0.3 is 16.2 Å². The van der Waals surface area contributed by atoms with Gasteiger partial charge in [-0.2, -0.15) is 24.9 Å². The van der Waals surface area contributed by atoms with Crippen molar-refractivity contribution in [2.45, 2.75) is 25.6 Å². The van der Waals surface area contributed by atoms with Gasteiger partial charge >= 0.3 is 6.18 Å². The first-order valence-electron chi connectivity index (χ1n) is 8.94. The van der Waals surface area contributed by atoms with E-state index in [0.717, 1.165) is 17.9 Å². The zero-order valence-corrected chi connectivity index (χ0v) is 17.6. The van der Waals surface area contributed by atoms with Gasteiger partial charge in [0.2, 0.25) is 0 Å². The number of hydrogen-bond donors (Lipinski definition) is 3. The minimum atomic E-state index is -4.67. The molecule has 0 spiro atoms. The average molecular weight is 440 g/mol. The van der Waals surface area contributed by atoms with Gasteiger partial charge in [0.1, 0.15) is 11.4 Å².